The zero-order valence-corrected chi connectivity index (χ0v) is 21.7. The summed E-state index contributed by atoms with van der Waals surface area (Å²) >= 11 is 0. The van der Waals surface area contributed by atoms with Crippen LogP contribution >= 0.6 is 0 Å². The largest absolute Gasteiger partial charge is 0.495 e. The average Bonchev–Trinajstić information content (AvgIpc) is 3.13. The van der Waals surface area contributed by atoms with Crippen LogP contribution in [0.4, 0.5) is 11.4 Å². The molecule has 0 radical (unpaired) electrons. The van der Waals surface area contributed by atoms with E-state index in [1.165, 1.54) is 11.8 Å². The molecule has 2 atom stereocenters. The molecular weight excluding hydrogens is 478 g/mol. The van der Waals surface area contributed by atoms with Crippen LogP contribution in [0, 0.1) is 0 Å². The van der Waals surface area contributed by atoms with Crippen molar-refractivity contribution in [3.05, 3.63) is 69.5 Å². The highest BCUT2D eigenvalue weighted by Crippen LogP contribution is 2.28. The zero-order chi connectivity index (χ0) is 27.1. The number of nitrogens with one attached hydrogen (secondary N) is 2. The molecule has 0 bridgehead atoms. The van der Waals surface area contributed by atoms with Crippen molar-refractivity contribution in [1.82, 2.24) is 13.9 Å². The lowest BCUT2D eigenvalue weighted by Gasteiger charge is -2.17. The van der Waals surface area contributed by atoms with Gasteiger partial charge in [-0.1, -0.05) is 25.1 Å². The molecule has 3 aromatic rings. The first-order valence-corrected chi connectivity index (χ1v) is 12.1. The molecule has 198 valence electrons. The first-order valence-electron chi connectivity index (χ1n) is 12.1. The molecule has 11 nitrogen and oxygen atoms in total. The van der Waals surface area contributed by atoms with Crippen molar-refractivity contribution in [3.8, 4) is 11.4 Å². The van der Waals surface area contributed by atoms with Gasteiger partial charge >= 0.3 is 11.4 Å². The maximum atomic E-state index is 13.4. The van der Waals surface area contributed by atoms with Gasteiger partial charge in [0, 0.05) is 12.2 Å². The lowest BCUT2D eigenvalue weighted by molar-refractivity contribution is -0.129. The van der Waals surface area contributed by atoms with Crippen LogP contribution in [-0.2, 0) is 20.9 Å². The normalized spacial score (nSPS) is 12.6. The molecule has 11 heteroatoms. The Bertz CT molecular complexity index is 1360. The van der Waals surface area contributed by atoms with E-state index in [-0.39, 0.29) is 25.1 Å². The van der Waals surface area contributed by atoms with Crippen molar-refractivity contribution in [2.24, 2.45) is 0 Å². The molecule has 0 saturated heterocycles. The first-order chi connectivity index (χ1) is 17.7. The molecule has 37 heavy (non-hydrogen) atoms. The van der Waals surface area contributed by atoms with Crippen LogP contribution in [0.3, 0.4) is 0 Å². The molecular formula is C26H33N5O6. The highest BCUT2D eigenvalue weighted by atomic mass is 16.5. The van der Waals surface area contributed by atoms with E-state index in [4.69, 9.17) is 9.47 Å². The number of methoxy groups -OCH3 is 1. The number of Topliss-reactive ketones (excluding diaryl/α,β-unsaturated/α-hetero) is 1. The Morgan fingerprint density at radius 3 is 2.32 bits per heavy atom. The molecule has 3 rings (SSSR count). The number of carbonyl (C=O) groups excluding carboxylic acids is 2. The van der Waals surface area contributed by atoms with Gasteiger partial charge in [0.15, 0.2) is 11.8 Å². The van der Waals surface area contributed by atoms with Crippen molar-refractivity contribution < 1.29 is 19.1 Å². The molecule has 0 saturated carbocycles. The third kappa shape index (κ3) is 6.00. The van der Waals surface area contributed by atoms with E-state index >= 15 is 0 Å². The van der Waals surface area contributed by atoms with E-state index in [1.54, 1.807) is 55.5 Å². The fraction of sp³-hybridized carbons (Fsp3) is 0.385. The second-order valence-corrected chi connectivity index (χ2v) is 8.42. The lowest BCUT2D eigenvalue weighted by atomic mass is 10.1. The summed E-state index contributed by atoms with van der Waals surface area (Å²) in [6, 6.07) is 11.9. The molecule has 2 aromatic carbocycles. The predicted molar refractivity (Wildman–Crippen MR) is 141 cm³/mol. The summed E-state index contributed by atoms with van der Waals surface area (Å²) in [6.07, 6.45) is 0.943. The summed E-state index contributed by atoms with van der Waals surface area (Å²) in [5.74, 6) is -1.17. The van der Waals surface area contributed by atoms with Gasteiger partial charge in [-0.2, -0.15) is 4.68 Å². The third-order valence-electron chi connectivity index (χ3n) is 5.92. The van der Waals surface area contributed by atoms with Crippen molar-refractivity contribution in [1.29, 1.82) is 0 Å². The highest BCUT2D eigenvalue weighted by Gasteiger charge is 2.32. The van der Waals surface area contributed by atoms with E-state index in [2.05, 4.69) is 10.6 Å². The molecule has 2 N–H and O–H groups in total. The Hall–Kier alpha value is -4.12. The topological polar surface area (TPSA) is 126 Å². The number of anilines is 2. The van der Waals surface area contributed by atoms with Gasteiger partial charge in [-0.3, -0.25) is 9.59 Å². The molecule has 0 spiro atoms. The van der Waals surface area contributed by atoms with E-state index in [1.807, 2.05) is 13.8 Å². The Labute approximate surface area is 214 Å². The van der Waals surface area contributed by atoms with E-state index < -0.39 is 29.1 Å². The Morgan fingerprint density at radius 2 is 1.73 bits per heavy atom. The smallest absolute Gasteiger partial charge is 0.353 e. The molecule has 0 fully saturated rings. The number of benzene rings is 2. The number of para-hydroxylation sites is 1. The third-order valence-corrected chi connectivity index (χ3v) is 5.92. The van der Waals surface area contributed by atoms with Gasteiger partial charge in [-0.05, 0) is 57.5 Å². The summed E-state index contributed by atoms with van der Waals surface area (Å²) in [6.45, 7) is 7.25. The number of carbonyl (C=O) groups is 2. The molecule has 0 aliphatic rings. The van der Waals surface area contributed by atoms with Crippen LogP contribution in [0.5, 0.6) is 5.75 Å². The van der Waals surface area contributed by atoms with E-state index in [0.717, 1.165) is 18.0 Å². The van der Waals surface area contributed by atoms with Gasteiger partial charge in [-0.25, -0.2) is 18.8 Å². The predicted octanol–water partition coefficient (Wildman–Crippen LogP) is 2.78. The van der Waals surface area contributed by atoms with Gasteiger partial charge in [-0.15, -0.1) is 0 Å². The van der Waals surface area contributed by atoms with Crippen molar-refractivity contribution >= 4 is 23.1 Å². The maximum Gasteiger partial charge on any atom is 0.353 e. The monoisotopic (exact) mass is 511 g/mol. The van der Waals surface area contributed by atoms with Crippen molar-refractivity contribution in [2.45, 2.75) is 52.8 Å². The number of amides is 1. The quantitative estimate of drug-likeness (QED) is 0.283. The number of hydrogen-bond acceptors (Lipinski definition) is 7. The number of rotatable bonds is 12. The first kappa shape index (κ1) is 27.5. The van der Waals surface area contributed by atoms with Crippen LogP contribution in [0.15, 0.2) is 58.1 Å². The van der Waals surface area contributed by atoms with Crippen molar-refractivity contribution in [3.63, 3.8) is 0 Å². The van der Waals surface area contributed by atoms with Crippen molar-refractivity contribution in [2.75, 3.05) is 24.5 Å². The average molecular weight is 512 g/mol. The maximum absolute atomic E-state index is 13.4. The number of ketones is 1. The molecule has 1 heterocycles. The number of hydrogen-bond donors (Lipinski definition) is 2. The highest BCUT2D eigenvalue weighted by molar-refractivity contribution is 6.08. The molecule has 0 aliphatic carbocycles. The Balaban J connectivity index is 1.97. The second kappa shape index (κ2) is 12.2. The standard InChI is InChI=1S/C26H33N5O6/c1-6-17(3)37-16-27-19-13-14-22(36-5)21(15-19)28-24(33)23(18(4)32)30-25(34)29(7-2)31(26(30)35)20-11-9-8-10-12-20/h8-15,17,23,27H,6-7,16H2,1-5H3,(H,28,33). The number of ether oxygens (including phenoxy) is 2. The molecule has 2 unspecified atom stereocenters. The van der Waals surface area contributed by atoms with Crippen LogP contribution in [0.25, 0.3) is 5.69 Å². The molecule has 1 aromatic heterocycles. The fourth-order valence-corrected chi connectivity index (χ4v) is 3.80. The fourth-order valence-electron chi connectivity index (χ4n) is 3.80. The van der Waals surface area contributed by atoms with Crippen LogP contribution in [0.2, 0.25) is 0 Å². The van der Waals surface area contributed by atoms with Gasteiger partial charge in [0.05, 0.1) is 24.6 Å². The van der Waals surface area contributed by atoms with Gasteiger partial charge < -0.3 is 20.1 Å². The summed E-state index contributed by atoms with van der Waals surface area (Å²) in [7, 11) is 1.44. The minimum atomic E-state index is -1.68. The van der Waals surface area contributed by atoms with E-state index in [9.17, 15) is 19.2 Å². The van der Waals surface area contributed by atoms with Gasteiger partial charge in [0.25, 0.3) is 5.91 Å². The lowest BCUT2D eigenvalue weighted by Crippen LogP contribution is -2.42. The van der Waals surface area contributed by atoms with E-state index in [0.29, 0.717) is 21.7 Å². The van der Waals surface area contributed by atoms with Crippen LogP contribution in [-0.4, -0.2) is 45.6 Å². The van der Waals surface area contributed by atoms with Gasteiger partial charge in [0.1, 0.15) is 12.5 Å². The Morgan fingerprint density at radius 1 is 1.03 bits per heavy atom. The molecule has 0 aliphatic heterocycles. The van der Waals surface area contributed by atoms with Crippen LogP contribution in [0.1, 0.15) is 40.2 Å². The minimum Gasteiger partial charge on any atom is -0.495 e. The Kier molecular flexibility index (Phi) is 9.07. The number of nitrogens with zero attached hydrogens (tertiary/aromatic N) is 3. The number of aromatic nitrogens is 3. The summed E-state index contributed by atoms with van der Waals surface area (Å²) in [5.41, 5.74) is -0.222. The summed E-state index contributed by atoms with van der Waals surface area (Å²) in [4.78, 5) is 52.6. The summed E-state index contributed by atoms with van der Waals surface area (Å²) < 4.78 is 14.0. The summed E-state index contributed by atoms with van der Waals surface area (Å²) in [5, 5.41) is 5.76. The SMILES string of the molecule is CCC(C)OCNc1ccc(OC)c(NC(=O)C(C(C)=O)n2c(=O)n(CC)n(-c3ccccc3)c2=O)c1. The minimum absolute atomic E-state index is 0.0786. The van der Waals surface area contributed by atoms with Crippen LogP contribution < -0.4 is 26.7 Å². The zero-order valence-electron chi connectivity index (χ0n) is 21.7. The van der Waals surface area contributed by atoms with Gasteiger partial charge in [0.2, 0.25) is 0 Å². The molecule has 1 amide bonds. The second-order valence-electron chi connectivity index (χ2n) is 8.42.